The number of ether oxygens (including phenoxy) is 1. The average Bonchev–Trinajstić information content (AvgIpc) is 2.80. The van der Waals surface area contributed by atoms with Gasteiger partial charge < -0.3 is 14.1 Å². The Bertz CT molecular complexity index is 336. The predicted molar refractivity (Wildman–Crippen MR) is 64.6 cm³/mol. The van der Waals surface area contributed by atoms with Crippen LogP contribution >= 0.6 is 0 Å². The molecular formula is C12H20N2O3. The molecule has 1 amide bonds. The van der Waals surface area contributed by atoms with Crippen LogP contribution < -0.4 is 5.32 Å². The summed E-state index contributed by atoms with van der Waals surface area (Å²) in [5.41, 5.74) is 0. The van der Waals surface area contributed by atoms with Crippen molar-refractivity contribution in [2.75, 3.05) is 27.8 Å². The highest BCUT2D eigenvalue weighted by Crippen LogP contribution is 2.14. The van der Waals surface area contributed by atoms with Gasteiger partial charge in [0.2, 0.25) is 5.91 Å². The fourth-order valence-corrected chi connectivity index (χ4v) is 1.63. The fourth-order valence-electron chi connectivity index (χ4n) is 1.63. The Balaban J connectivity index is 2.64. The van der Waals surface area contributed by atoms with Crippen LogP contribution in [-0.2, 0) is 9.53 Å². The van der Waals surface area contributed by atoms with Gasteiger partial charge in [-0.05, 0) is 19.1 Å². The van der Waals surface area contributed by atoms with E-state index in [0.29, 0.717) is 6.61 Å². The van der Waals surface area contributed by atoms with E-state index in [-0.39, 0.29) is 18.0 Å². The first-order valence-electron chi connectivity index (χ1n) is 5.55. The van der Waals surface area contributed by atoms with E-state index in [1.807, 2.05) is 19.1 Å². The minimum atomic E-state index is -0.282. The highest BCUT2D eigenvalue weighted by molar-refractivity contribution is 5.80. The third kappa shape index (κ3) is 3.87. The standard InChI is InChI=1S/C12H20N2O3/c1-9(12(15)14(2)3)13-10(8-16-4)11-6-5-7-17-11/h5-7,9-10,13H,8H2,1-4H3. The number of rotatable bonds is 6. The molecule has 17 heavy (non-hydrogen) atoms. The number of nitrogens with zero attached hydrogens (tertiary/aromatic N) is 1. The molecule has 0 aliphatic heterocycles. The van der Waals surface area contributed by atoms with Crippen LogP contribution in [0.5, 0.6) is 0 Å². The van der Waals surface area contributed by atoms with E-state index in [4.69, 9.17) is 9.15 Å². The smallest absolute Gasteiger partial charge is 0.238 e. The molecule has 0 saturated heterocycles. The van der Waals surface area contributed by atoms with E-state index in [1.165, 1.54) is 0 Å². The maximum absolute atomic E-state index is 11.7. The van der Waals surface area contributed by atoms with Gasteiger partial charge in [0.05, 0.1) is 25.0 Å². The van der Waals surface area contributed by atoms with Crippen LogP contribution in [0.15, 0.2) is 22.8 Å². The summed E-state index contributed by atoms with van der Waals surface area (Å²) in [7, 11) is 5.09. The number of methoxy groups -OCH3 is 1. The number of furan rings is 1. The van der Waals surface area contributed by atoms with Gasteiger partial charge in [-0.15, -0.1) is 0 Å². The molecule has 5 nitrogen and oxygen atoms in total. The third-order valence-electron chi connectivity index (χ3n) is 2.48. The number of amides is 1. The molecule has 2 atom stereocenters. The summed E-state index contributed by atoms with van der Waals surface area (Å²) in [6.07, 6.45) is 1.61. The second-order valence-electron chi connectivity index (χ2n) is 4.14. The zero-order chi connectivity index (χ0) is 12.8. The van der Waals surface area contributed by atoms with Gasteiger partial charge in [-0.25, -0.2) is 0 Å². The van der Waals surface area contributed by atoms with Crippen LogP contribution in [0, 0.1) is 0 Å². The first-order chi connectivity index (χ1) is 8.06. The summed E-state index contributed by atoms with van der Waals surface area (Å²) >= 11 is 0. The van der Waals surface area contributed by atoms with Crippen molar-refractivity contribution in [3.05, 3.63) is 24.2 Å². The lowest BCUT2D eigenvalue weighted by Crippen LogP contribution is -2.44. The summed E-state index contributed by atoms with van der Waals surface area (Å²) in [5.74, 6) is 0.794. The van der Waals surface area contributed by atoms with Gasteiger partial charge in [-0.3, -0.25) is 10.1 Å². The Morgan fingerprint density at radius 1 is 1.59 bits per heavy atom. The number of hydrogen-bond acceptors (Lipinski definition) is 4. The van der Waals surface area contributed by atoms with Crippen LogP contribution in [0.3, 0.4) is 0 Å². The fraction of sp³-hybridized carbons (Fsp3) is 0.583. The summed E-state index contributed by atoms with van der Waals surface area (Å²) in [6, 6.07) is 3.28. The molecule has 0 radical (unpaired) electrons. The topological polar surface area (TPSA) is 54.7 Å². The van der Waals surface area contributed by atoms with Crippen LogP contribution in [0.2, 0.25) is 0 Å². The molecule has 96 valence electrons. The van der Waals surface area contributed by atoms with Crippen molar-refractivity contribution in [2.24, 2.45) is 0 Å². The van der Waals surface area contributed by atoms with Crippen molar-refractivity contribution < 1.29 is 13.9 Å². The van der Waals surface area contributed by atoms with Gasteiger partial charge >= 0.3 is 0 Å². The number of hydrogen-bond donors (Lipinski definition) is 1. The average molecular weight is 240 g/mol. The predicted octanol–water partition coefficient (Wildman–Crippen LogP) is 1.03. The minimum Gasteiger partial charge on any atom is -0.468 e. The van der Waals surface area contributed by atoms with Crippen molar-refractivity contribution in [1.29, 1.82) is 0 Å². The second-order valence-corrected chi connectivity index (χ2v) is 4.14. The Labute approximate surface area is 102 Å². The van der Waals surface area contributed by atoms with E-state index >= 15 is 0 Å². The Morgan fingerprint density at radius 3 is 2.76 bits per heavy atom. The molecule has 1 aromatic rings. The third-order valence-corrected chi connectivity index (χ3v) is 2.48. The normalized spacial score (nSPS) is 14.4. The van der Waals surface area contributed by atoms with E-state index in [2.05, 4.69) is 5.32 Å². The molecule has 2 unspecified atom stereocenters. The lowest BCUT2D eigenvalue weighted by molar-refractivity contribution is -0.130. The zero-order valence-corrected chi connectivity index (χ0v) is 10.8. The largest absolute Gasteiger partial charge is 0.468 e. The van der Waals surface area contributed by atoms with E-state index in [9.17, 15) is 4.79 Å². The van der Waals surface area contributed by atoms with Crippen molar-refractivity contribution in [3.8, 4) is 0 Å². The maximum atomic E-state index is 11.7. The Kier molecular flexibility index (Phi) is 5.18. The van der Waals surface area contributed by atoms with E-state index in [1.54, 1.807) is 32.4 Å². The van der Waals surface area contributed by atoms with Crippen LogP contribution in [0.1, 0.15) is 18.7 Å². The molecule has 1 rings (SSSR count). The Morgan fingerprint density at radius 2 is 2.29 bits per heavy atom. The van der Waals surface area contributed by atoms with Gasteiger partial charge in [0.1, 0.15) is 5.76 Å². The van der Waals surface area contributed by atoms with Crippen LogP contribution in [0.4, 0.5) is 0 Å². The van der Waals surface area contributed by atoms with Crippen molar-refractivity contribution in [1.82, 2.24) is 10.2 Å². The Hall–Kier alpha value is -1.33. The quantitative estimate of drug-likeness (QED) is 0.807. The molecule has 1 N–H and O–H groups in total. The number of carbonyl (C=O) groups is 1. The van der Waals surface area contributed by atoms with Gasteiger partial charge in [0.25, 0.3) is 0 Å². The van der Waals surface area contributed by atoms with E-state index < -0.39 is 0 Å². The molecule has 0 aliphatic carbocycles. The number of carbonyl (C=O) groups excluding carboxylic acids is 1. The summed E-state index contributed by atoms with van der Waals surface area (Å²) in [5, 5.41) is 3.19. The molecule has 0 aromatic carbocycles. The highest BCUT2D eigenvalue weighted by Gasteiger charge is 2.21. The lowest BCUT2D eigenvalue weighted by atomic mass is 10.2. The van der Waals surface area contributed by atoms with Gasteiger partial charge in [-0.2, -0.15) is 0 Å². The van der Waals surface area contributed by atoms with Crippen LogP contribution in [-0.4, -0.2) is 44.7 Å². The molecule has 1 aromatic heterocycles. The molecule has 0 bridgehead atoms. The zero-order valence-electron chi connectivity index (χ0n) is 10.8. The van der Waals surface area contributed by atoms with Crippen LogP contribution in [0.25, 0.3) is 0 Å². The molecule has 0 fully saturated rings. The van der Waals surface area contributed by atoms with Crippen molar-refractivity contribution in [3.63, 3.8) is 0 Å². The molecular weight excluding hydrogens is 220 g/mol. The molecule has 0 saturated carbocycles. The van der Waals surface area contributed by atoms with E-state index in [0.717, 1.165) is 5.76 Å². The van der Waals surface area contributed by atoms with Crippen molar-refractivity contribution in [2.45, 2.75) is 19.0 Å². The molecule has 1 heterocycles. The molecule has 0 spiro atoms. The summed E-state index contributed by atoms with van der Waals surface area (Å²) in [4.78, 5) is 13.3. The highest BCUT2D eigenvalue weighted by atomic mass is 16.5. The molecule has 5 heteroatoms. The van der Waals surface area contributed by atoms with Crippen molar-refractivity contribution >= 4 is 5.91 Å². The van der Waals surface area contributed by atoms with Gasteiger partial charge in [0, 0.05) is 21.2 Å². The minimum absolute atomic E-state index is 0.0256. The monoisotopic (exact) mass is 240 g/mol. The maximum Gasteiger partial charge on any atom is 0.238 e. The molecule has 0 aliphatic rings. The van der Waals surface area contributed by atoms with Gasteiger partial charge in [0.15, 0.2) is 0 Å². The second kappa shape index (κ2) is 6.42. The summed E-state index contributed by atoms with van der Waals surface area (Å²) in [6.45, 7) is 2.28. The first kappa shape index (κ1) is 13.7. The SMILES string of the molecule is COCC(NC(C)C(=O)N(C)C)c1ccco1. The number of nitrogens with one attached hydrogen (secondary N) is 1. The van der Waals surface area contributed by atoms with Gasteiger partial charge in [-0.1, -0.05) is 0 Å². The lowest BCUT2D eigenvalue weighted by Gasteiger charge is -2.23. The number of likely N-dealkylation sites (N-methyl/N-ethyl adjacent to an activating group) is 1. The summed E-state index contributed by atoms with van der Waals surface area (Å²) < 4.78 is 10.4. The first-order valence-corrected chi connectivity index (χ1v) is 5.55.